The van der Waals surface area contributed by atoms with Gasteiger partial charge in [0, 0.05) is 18.8 Å². The lowest BCUT2D eigenvalue weighted by Gasteiger charge is -2.33. The molecule has 1 amide bonds. The smallest absolute Gasteiger partial charge is 0.246 e. The molecule has 0 saturated heterocycles. The Morgan fingerprint density at radius 1 is 1.30 bits per heavy atom. The number of methoxy groups -OCH3 is 1. The van der Waals surface area contributed by atoms with Crippen LogP contribution in [0, 0.1) is 18.3 Å². The Morgan fingerprint density at radius 3 is 2.89 bits per heavy atom. The van der Waals surface area contributed by atoms with E-state index in [9.17, 15) is 4.79 Å². The molecule has 0 radical (unpaired) electrons. The Labute approximate surface area is 160 Å². The van der Waals surface area contributed by atoms with Crippen LogP contribution >= 0.6 is 0 Å². The minimum Gasteiger partial charge on any atom is -0.495 e. The van der Waals surface area contributed by atoms with Gasteiger partial charge in [0.05, 0.1) is 31.8 Å². The molecule has 0 aliphatic carbocycles. The fraction of sp³-hybridized carbons (Fsp3) is 0.364. The number of hydrogen-bond acceptors (Lipinski definition) is 4. The Kier molecular flexibility index (Phi) is 5.97. The zero-order chi connectivity index (χ0) is 19.2. The summed E-state index contributed by atoms with van der Waals surface area (Å²) < 4.78 is 5.43. The second-order valence-corrected chi connectivity index (χ2v) is 6.78. The average Bonchev–Trinajstić information content (AvgIpc) is 2.68. The highest BCUT2D eigenvalue weighted by Gasteiger charge is 2.24. The minimum atomic E-state index is -0.0248. The minimum absolute atomic E-state index is 0.0248. The van der Waals surface area contributed by atoms with Crippen molar-refractivity contribution in [2.45, 2.75) is 26.2 Å². The van der Waals surface area contributed by atoms with Crippen molar-refractivity contribution in [2.75, 3.05) is 36.5 Å². The summed E-state index contributed by atoms with van der Waals surface area (Å²) >= 11 is 0. The first-order valence-corrected chi connectivity index (χ1v) is 9.29. The van der Waals surface area contributed by atoms with Gasteiger partial charge in [0.2, 0.25) is 5.91 Å². The molecular weight excluding hydrogens is 338 g/mol. The van der Waals surface area contributed by atoms with Crippen LogP contribution in [0.15, 0.2) is 42.5 Å². The molecule has 1 aliphatic rings. The van der Waals surface area contributed by atoms with Gasteiger partial charge in [0.25, 0.3) is 0 Å². The van der Waals surface area contributed by atoms with Crippen molar-refractivity contribution in [2.24, 2.45) is 0 Å². The molecule has 0 fully saturated rings. The van der Waals surface area contributed by atoms with E-state index in [0.29, 0.717) is 24.5 Å². The zero-order valence-electron chi connectivity index (χ0n) is 15.9. The second-order valence-electron chi connectivity index (χ2n) is 6.78. The Bertz CT molecular complexity index is 857. The lowest BCUT2D eigenvalue weighted by Crippen LogP contribution is -2.43. The summed E-state index contributed by atoms with van der Waals surface area (Å²) in [7, 11) is 1.59. The molecule has 0 aromatic heterocycles. The van der Waals surface area contributed by atoms with E-state index in [4.69, 9.17) is 10.00 Å². The van der Waals surface area contributed by atoms with Crippen molar-refractivity contribution < 1.29 is 9.53 Å². The van der Waals surface area contributed by atoms with Gasteiger partial charge in [-0.25, -0.2) is 0 Å². The number of aryl methyl sites for hydroxylation is 2. The summed E-state index contributed by atoms with van der Waals surface area (Å²) in [6.07, 6.45) is 2.36. The molecule has 3 rings (SSSR count). The summed E-state index contributed by atoms with van der Waals surface area (Å²) in [6.45, 7) is 3.60. The first-order valence-electron chi connectivity index (χ1n) is 9.29. The van der Waals surface area contributed by atoms with Gasteiger partial charge in [-0.15, -0.1) is 0 Å². The summed E-state index contributed by atoms with van der Waals surface area (Å²) in [5, 5.41) is 9.02. The third kappa shape index (κ3) is 4.22. The van der Waals surface area contributed by atoms with E-state index < -0.39 is 0 Å². The SMILES string of the molecule is COc1ccccc1N(CCC#N)C(=O)CN1CCCc2cc(C)ccc21. The van der Waals surface area contributed by atoms with Crippen LogP contribution in [0.2, 0.25) is 0 Å². The number of carbonyl (C=O) groups is 1. The fourth-order valence-electron chi connectivity index (χ4n) is 3.61. The molecule has 0 atom stereocenters. The molecule has 0 spiro atoms. The molecule has 0 saturated carbocycles. The van der Waals surface area contributed by atoms with Gasteiger partial charge in [-0.1, -0.05) is 29.8 Å². The van der Waals surface area contributed by atoms with E-state index >= 15 is 0 Å². The van der Waals surface area contributed by atoms with Crippen LogP contribution in [0.5, 0.6) is 5.75 Å². The third-order valence-corrected chi connectivity index (χ3v) is 4.90. The highest BCUT2D eigenvalue weighted by Crippen LogP contribution is 2.30. The van der Waals surface area contributed by atoms with E-state index in [1.165, 1.54) is 11.1 Å². The highest BCUT2D eigenvalue weighted by molar-refractivity contribution is 5.98. The number of fused-ring (bicyclic) bond motifs is 1. The summed E-state index contributed by atoms with van der Waals surface area (Å²) in [4.78, 5) is 17.0. The first kappa shape index (κ1) is 18.8. The molecular formula is C22H25N3O2. The van der Waals surface area contributed by atoms with Crippen molar-refractivity contribution in [1.82, 2.24) is 0 Å². The normalized spacial score (nSPS) is 12.9. The van der Waals surface area contributed by atoms with E-state index in [1.54, 1.807) is 12.0 Å². The van der Waals surface area contributed by atoms with E-state index in [-0.39, 0.29) is 12.3 Å². The molecule has 27 heavy (non-hydrogen) atoms. The Morgan fingerprint density at radius 2 is 2.11 bits per heavy atom. The highest BCUT2D eigenvalue weighted by atomic mass is 16.5. The fourth-order valence-corrected chi connectivity index (χ4v) is 3.61. The van der Waals surface area contributed by atoms with Gasteiger partial charge >= 0.3 is 0 Å². The van der Waals surface area contributed by atoms with Crippen molar-refractivity contribution in [3.8, 4) is 11.8 Å². The van der Waals surface area contributed by atoms with Gasteiger partial charge in [0.1, 0.15) is 5.75 Å². The molecule has 5 heteroatoms. The molecule has 1 heterocycles. The molecule has 5 nitrogen and oxygen atoms in total. The number of anilines is 2. The van der Waals surface area contributed by atoms with Crippen LogP contribution in [-0.4, -0.2) is 32.7 Å². The lowest BCUT2D eigenvalue weighted by molar-refractivity contribution is -0.117. The number of nitriles is 1. The zero-order valence-corrected chi connectivity index (χ0v) is 15.9. The van der Waals surface area contributed by atoms with Crippen molar-refractivity contribution in [1.29, 1.82) is 5.26 Å². The predicted octanol–water partition coefficient (Wildman–Crippen LogP) is 3.70. The van der Waals surface area contributed by atoms with Crippen LogP contribution in [0.25, 0.3) is 0 Å². The van der Waals surface area contributed by atoms with Crippen LogP contribution in [0.4, 0.5) is 11.4 Å². The van der Waals surface area contributed by atoms with Crippen LogP contribution < -0.4 is 14.5 Å². The third-order valence-electron chi connectivity index (χ3n) is 4.90. The molecule has 2 aromatic carbocycles. The number of para-hydroxylation sites is 2. The van der Waals surface area contributed by atoms with Crippen molar-refractivity contribution in [3.05, 3.63) is 53.6 Å². The number of ether oxygens (including phenoxy) is 1. The maximum absolute atomic E-state index is 13.2. The summed E-state index contributed by atoms with van der Waals surface area (Å²) in [5.41, 5.74) is 4.39. The standard InChI is InChI=1S/C22H25N3O2/c1-17-10-11-19-18(15-17)7-5-13-24(19)16-22(26)25(14-6-12-23)20-8-3-4-9-21(20)27-2/h3-4,8-11,15H,5-7,13-14,16H2,1-2H3. The molecule has 140 valence electrons. The van der Waals surface area contributed by atoms with Crippen molar-refractivity contribution >= 4 is 17.3 Å². The van der Waals surface area contributed by atoms with Crippen LogP contribution in [0.3, 0.4) is 0 Å². The second kappa shape index (κ2) is 8.59. The maximum atomic E-state index is 13.2. The lowest BCUT2D eigenvalue weighted by atomic mass is 9.99. The maximum Gasteiger partial charge on any atom is 0.246 e. The summed E-state index contributed by atoms with van der Waals surface area (Å²) in [6, 6.07) is 16.0. The molecule has 1 aliphatic heterocycles. The van der Waals surface area contributed by atoms with Gasteiger partial charge in [-0.3, -0.25) is 4.79 Å². The van der Waals surface area contributed by atoms with Gasteiger partial charge < -0.3 is 14.5 Å². The van der Waals surface area contributed by atoms with E-state index in [0.717, 1.165) is 25.1 Å². The number of benzene rings is 2. The quantitative estimate of drug-likeness (QED) is 0.785. The van der Waals surface area contributed by atoms with Crippen LogP contribution in [-0.2, 0) is 11.2 Å². The molecule has 0 bridgehead atoms. The number of amides is 1. The summed E-state index contributed by atoms with van der Waals surface area (Å²) in [5.74, 6) is 0.613. The monoisotopic (exact) mass is 363 g/mol. The van der Waals surface area contributed by atoms with E-state index in [2.05, 4.69) is 36.1 Å². The van der Waals surface area contributed by atoms with Crippen molar-refractivity contribution in [3.63, 3.8) is 0 Å². The number of hydrogen-bond donors (Lipinski definition) is 0. The molecule has 2 aromatic rings. The van der Waals surface area contributed by atoms with Gasteiger partial charge in [0.15, 0.2) is 0 Å². The number of carbonyl (C=O) groups excluding carboxylic acids is 1. The predicted molar refractivity (Wildman–Crippen MR) is 107 cm³/mol. The largest absolute Gasteiger partial charge is 0.495 e. The van der Waals surface area contributed by atoms with Gasteiger partial charge in [-0.05, 0) is 43.5 Å². The van der Waals surface area contributed by atoms with Gasteiger partial charge in [-0.2, -0.15) is 5.26 Å². The Hall–Kier alpha value is -3.00. The van der Waals surface area contributed by atoms with E-state index in [1.807, 2.05) is 24.3 Å². The number of rotatable bonds is 6. The molecule has 0 N–H and O–H groups in total. The first-order chi connectivity index (χ1) is 13.1. The Balaban J connectivity index is 1.85. The average molecular weight is 363 g/mol. The molecule has 0 unspecified atom stereocenters. The van der Waals surface area contributed by atoms with Crippen LogP contribution in [0.1, 0.15) is 24.0 Å². The number of nitrogens with zero attached hydrogens (tertiary/aromatic N) is 3. The topological polar surface area (TPSA) is 56.6 Å².